The molecule has 1 fully saturated rings. The minimum Gasteiger partial charge on any atom is -0.383 e. The number of nitrogens with zero attached hydrogens (tertiary/aromatic N) is 3. The number of piperidine rings is 1. The molecule has 2 heterocycles. The fraction of sp³-hybridized carbons (Fsp3) is 0.750. The maximum Gasteiger partial charge on any atom is 0.319 e. The van der Waals surface area contributed by atoms with E-state index in [9.17, 15) is 4.79 Å². The molecule has 130 valence electrons. The summed E-state index contributed by atoms with van der Waals surface area (Å²) in [6.07, 6.45) is 4.74. The first-order valence-corrected chi connectivity index (χ1v) is 8.35. The third-order valence-electron chi connectivity index (χ3n) is 4.07. The average molecular weight is 323 g/mol. The average Bonchev–Trinajstić information content (AvgIpc) is 2.91. The van der Waals surface area contributed by atoms with Crippen LogP contribution in [0, 0.1) is 11.8 Å². The Labute approximate surface area is 138 Å². The van der Waals surface area contributed by atoms with Gasteiger partial charge in [-0.25, -0.2) is 4.79 Å². The Hall–Kier alpha value is -1.60. The smallest absolute Gasteiger partial charge is 0.319 e. The molecule has 0 spiro atoms. The first-order chi connectivity index (χ1) is 11.1. The topological polar surface area (TPSA) is 71.4 Å². The molecule has 0 bridgehead atoms. The number of carbonyl (C=O) groups excluding carboxylic acids is 1. The van der Waals surface area contributed by atoms with Gasteiger partial charge in [-0.3, -0.25) is 4.68 Å². The van der Waals surface area contributed by atoms with Crippen LogP contribution in [0.15, 0.2) is 12.4 Å². The zero-order chi connectivity index (χ0) is 16.7. The van der Waals surface area contributed by atoms with Crippen molar-refractivity contribution < 1.29 is 9.53 Å². The summed E-state index contributed by atoms with van der Waals surface area (Å²) >= 11 is 0. The van der Waals surface area contributed by atoms with Crippen molar-refractivity contribution in [3.8, 4) is 0 Å². The van der Waals surface area contributed by atoms with Crippen molar-refractivity contribution in [3.63, 3.8) is 0 Å². The van der Waals surface area contributed by atoms with E-state index >= 15 is 0 Å². The van der Waals surface area contributed by atoms with Gasteiger partial charge in [0.05, 0.1) is 25.0 Å². The zero-order valence-electron chi connectivity index (χ0n) is 14.4. The number of anilines is 1. The first kappa shape index (κ1) is 17.7. The Bertz CT molecular complexity index is 481. The van der Waals surface area contributed by atoms with E-state index in [2.05, 4.69) is 34.5 Å². The number of hydrogen-bond acceptors (Lipinski definition) is 4. The highest BCUT2D eigenvalue weighted by molar-refractivity contribution is 5.88. The van der Waals surface area contributed by atoms with E-state index in [-0.39, 0.29) is 6.03 Å². The van der Waals surface area contributed by atoms with E-state index in [0.29, 0.717) is 25.4 Å². The van der Waals surface area contributed by atoms with E-state index in [1.54, 1.807) is 24.2 Å². The second kappa shape index (κ2) is 8.88. The molecule has 1 aliphatic rings. The molecular formula is C16H29N5O2. The van der Waals surface area contributed by atoms with E-state index in [0.717, 1.165) is 31.5 Å². The number of amides is 2. The molecule has 0 saturated carbocycles. The van der Waals surface area contributed by atoms with E-state index in [1.165, 1.54) is 6.42 Å². The molecule has 1 aromatic heterocycles. The minimum atomic E-state index is -0.186. The van der Waals surface area contributed by atoms with Crippen molar-refractivity contribution in [2.45, 2.75) is 26.8 Å². The molecular weight excluding hydrogens is 294 g/mol. The van der Waals surface area contributed by atoms with Crippen molar-refractivity contribution in [1.29, 1.82) is 0 Å². The van der Waals surface area contributed by atoms with E-state index in [4.69, 9.17) is 4.74 Å². The predicted molar refractivity (Wildman–Crippen MR) is 90.5 cm³/mol. The van der Waals surface area contributed by atoms with Gasteiger partial charge in [0.2, 0.25) is 0 Å². The fourth-order valence-electron chi connectivity index (χ4n) is 3.21. The van der Waals surface area contributed by atoms with Crippen LogP contribution in [0.4, 0.5) is 10.5 Å². The Kier molecular flexibility index (Phi) is 6.85. The Morgan fingerprint density at radius 2 is 2.09 bits per heavy atom. The van der Waals surface area contributed by atoms with Crippen LogP contribution < -0.4 is 10.6 Å². The second-order valence-corrected chi connectivity index (χ2v) is 6.57. The number of aromatic nitrogens is 2. The number of nitrogens with one attached hydrogen (secondary N) is 2. The van der Waals surface area contributed by atoms with E-state index in [1.807, 2.05) is 0 Å². The summed E-state index contributed by atoms with van der Waals surface area (Å²) in [6, 6.07) is -0.186. The summed E-state index contributed by atoms with van der Waals surface area (Å²) in [7, 11) is 1.65. The van der Waals surface area contributed by atoms with Crippen molar-refractivity contribution in [3.05, 3.63) is 12.4 Å². The van der Waals surface area contributed by atoms with Gasteiger partial charge >= 0.3 is 6.03 Å². The van der Waals surface area contributed by atoms with Crippen LogP contribution in [0.5, 0.6) is 0 Å². The number of carbonyl (C=O) groups is 1. The first-order valence-electron chi connectivity index (χ1n) is 8.35. The predicted octanol–water partition coefficient (Wildman–Crippen LogP) is 1.63. The number of rotatable bonds is 7. The van der Waals surface area contributed by atoms with Gasteiger partial charge in [-0.15, -0.1) is 0 Å². The molecule has 0 aliphatic carbocycles. The molecule has 1 aromatic rings. The van der Waals surface area contributed by atoms with E-state index < -0.39 is 0 Å². The van der Waals surface area contributed by atoms with Gasteiger partial charge in [-0.05, 0) is 18.3 Å². The summed E-state index contributed by atoms with van der Waals surface area (Å²) in [5.74, 6) is 1.48. The highest BCUT2D eigenvalue weighted by Crippen LogP contribution is 2.20. The van der Waals surface area contributed by atoms with Gasteiger partial charge in [-0.2, -0.15) is 5.10 Å². The molecule has 7 heteroatoms. The molecule has 1 aliphatic heterocycles. The lowest BCUT2D eigenvalue weighted by molar-refractivity contribution is 0.142. The maximum absolute atomic E-state index is 11.9. The Balaban J connectivity index is 1.66. The maximum atomic E-state index is 11.9. The lowest BCUT2D eigenvalue weighted by atomic mass is 9.92. The second-order valence-electron chi connectivity index (χ2n) is 6.57. The molecule has 23 heavy (non-hydrogen) atoms. The highest BCUT2D eigenvalue weighted by atomic mass is 16.5. The quantitative estimate of drug-likeness (QED) is 0.800. The Morgan fingerprint density at radius 1 is 1.35 bits per heavy atom. The van der Waals surface area contributed by atoms with Gasteiger partial charge < -0.3 is 20.3 Å². The summed E-state index contributed by atoms with van der Waals surface area (Å²) in [5, 5.41) is 9.87. The number of urea groups is 1. The summed E-state index contributed by atoms with van der Waals surface area (Å²) in [6.45, 7) is 9.66. The van der Waals surface area contributed by atoms with Gasteiger partial charge in [0.15, 0.2) is 0 Å². The largest absolute Gasteiger partial charge is 0.383 e. The Morgan fingerprint density at radius 3 is 2.78 bits per heavy atom. The van der Waals surface area contributed by atoms with Crippen LogP contribution in [0.3, 0.4) is 0 Å². The SMILES string of the molecule is COCCn1cc(NC(=O)NCCN2C[C@H](C)C[C@H](C)C2)cn1. The van der Waals surface area contributed by atoms with Crippen LogP contribution in [0.25, 0.3) is 0 Å². The van der Waals surface area contributed by atoms with Crippen molar-refractivity contribution >= 4 is 11.7 Å². The third-order valence-corrected chi connectivity index (χ3v) is 4.07. The van der Waals surface area contributed by atoms with Crippen LogP contribution in [-0.2, 0) is 11.3 Å². The standard InChI is InChI=1S/C16H29N5O2/c1-13-8-14(2)11-20(10-13)5-4-17-16(22)19-15-9-18-21(12-15)6-7-23-3/h9,12-14H,4-8,10-11H2,1-3H3,(H2,17,19,22)/t13-,14+. The molecule has 2 N–H and O–H groups in total. The van der Waals surface area contributed by atoms with Crippen molar-refractivity contribution in [1.82, 2.24) is 20.0 Å². The number of hydrogen-bond donors (Lipinski definition) is 2. The molecule has 2 atom stereocenters. The highest BCUT2D eigenvalue weighted by Gasteiger charge is 2.21. The lowest BCUT2D eigenvalue weighted by Gasteiger charge is -2.34. The van der Waals surface area contributed by atoms with Gasteiger partial charge in [-0.1, -0.05) is 13.8 Å². The number of methoxy groups -OCH3 is 1. The molecule has 0 radical (unpaired) electrons. The molecule has 0 unspecified atom stereocenters. The molecule has 2 rings (SSSR count). The van der Waals surface area contributed by atoms with Crippen LogP contribution in [0.1, 0.15) is 20.3 Å². The molecule has 2 amide bonds. The summed E-state index contributed by atoms with van der Waals surface area (Å²) in [4.78, 5) is 14.3. The van der Waals surface area contributed by atoms with Crippen LogP contribution in [0.2, 0.25) is 0 Å². The number of ether oxygens (including phenoxy) is 1. The number of likely N-dealkylation sites (tertiary alicyclic amines) is 1. The fourth-order valence-corrected chi connectivity index (χ4v) is 3.21. The van der Waals surface area contributed by atoms with Crippen molar-refractivity contribution in [2.24, 2.45) is 11.8 Å². The molecule has 7 nitrogen and oxygen atoms in total. The van der Waals surface area contributed by atoms with Crippen LogP contribution >= 0.6 is 0 Å². The third kappa shape index (κ3) is 6.19. The molecule has 1 saturated heterocycles. The van der Waals surface area contributed by atoms with Gasteiger partial charge in [0, 0.05) is 39.5 Å². The van der Waals surface area contributed by atoms with Crippen molar-refractivity contribution in [2.75, 3.05) is 45.2 Å². The summed E-state index contributed by atoms with van der Waals surface area (Å²) in [5.41, 5.74) is 0.693. The lowest BCUT2D eigenvalue weighted by Crippen LogP contribution is -2.43. The zero-order valence-corrected chi connectivity index (χ0v) is 14.4. The summed E-state index contributed by atoms with van der Waals surface area (Å²) < 4.78 is 6.74. The van der Waals surface area contributed by atoms with Crippen LogP contribution in [-0.4, -0.2) is 60.6 Å². The molecule has 0 aromatic carbocycles. The van der Waals surface area contributed by atoms with Gasteiger partial charge in [0.25, 0.3) is 0 Å². The monoisotopic (exact) mass is 323 g/mol. The minimum absolute atomic E-state index is 0.186. The van der Waals surface area contributed by atoms with Gasteiger partial charge in [0.1, 0.15) is 0 Å². The normalized spacial score (nSPS) is 22.0.